The second-order valence-corrected chi connectivity index (χ2v) is 7.42. The maximum atomic E-state index is 9.08. The van der Waals surface area contributed by atoms with Gasteiger partial charge in [-0.25, -0.2) is 8.42 Å². The van der Waals surface area contributed by atoms with Gasteiger partial charge in [0.15, 0.2) is 0 Å². The summed E-state index contributed by atoms with van der Waals surface area (Å²) in [5, 5.41) is 0. The molecule has 122 valence electrons. The van der Waals surface area contributed by atoms with Gasteiger partial charge in [-0.1, -0.05) is 32.6 Å². The summed E-state index contributed by atoms with van der Waals surface area (Å²) in [4.78, 5) is 0. The van der Waals surface area contributed by atoms with Crippen LogP contribution < -0.4 is 0 Å². The highest BCUT2D eigenvalue weighted by Crippen LogP contribution is 2.20. The Balaban J connectivity index is 0.000000621. The number of rotatable bonds is 8. The zero-order chi connectivity index (χ0) is 15.5. The molecule has 1 aliphatic rings. The van der Waals surface area contributed by atoms with Gasteiger partial charge in [-0.05, 0) is 19.8 Å². The Bertz CT molecular complexity index is 314. The lowest BCUT2D eigenvalue weighted by molar-refractivity contribution is -0.915. The molecule has 4 nitrogen and oxygen atoms in total. The van der Waals surface area contributed by atoms with Gasteiger partial charge in [0.25, 0.3) is 0 Å². The molecule has 1 aliphatic heterocycles. The standard InChI is InChI=1S/C14H30N.CH4O3S/c1-3-5-6-7-8-9-12-15(4-2)13-10-11-14-15;1-5(2,3)4/h3-14H2,1-2H3;1H3,(H,2,3,4)/q+1;/p-1. The van der Waals surface area contributed by atoms with E-state index < -0.39 is 10.1 Å². The molecular weight excluding hydrogens is 274 g/mol. The molecule has 1 rings (SSSR count). The van der Waals surface area contributed by atoms with Gasteiger partial charge in [0.05, 0.1) is 36.3 Å². The molecule has 0 amide bonds. The minimum absolute atomic E-state index is 0.604. The lowest BCUT2D eigenvalue weighted by Gasteiger charge is -2.33. The van der Waals surface area contributed by atoms with Gasteiger partial charge in [-0.15, -0.1) is 0 Å². The molecule has 0 aromatic carbocycles. The minimum Gasteiger partial charge on any atom is -0.748 e. The van der Waals surface area contributed by atoms with Crippen LogP contribution in [0.2, 0.25) is 0 Å². The van der Waals surface area contributed by atoms with Gasteiger partial charge in [-0.2, -0.15) is 0 Å². The third-order valence-corrected chi connectivity index (χ3v) is 4.17. The predicted molar refractivity (Wildman–Crippen MR) is 83.6 cm³/mol. The molecule has 0 atom stereocenters. The van der Waals surface area contributed by atoms with Crippen LogP contribution >= 0.6 is 0 Å². The van der Waals surface area contributed by atoms with Crippen LogP contribution in [0.1, 0.15) is 65.2 Å². The van der Waals surface area contributed by atoms with E-state index in [1.807, 2.05) is 0 Å². The van der Waals surface area contributed by atoms with E-state index in [2.05, 4.69) is 13.8 Å². The van der Waals surface area contributed by atoms with Crippen molar-refractivity contribution in [3.05, 3.63) is 0 Å². The van der Waals surface area contributed by atoms with Crippen LogP contribution in [-0.2, 0) is 10.1 Å². The summed E-state index contributed by atoms with van der Waals surface area (Å²) in [5.41, 5.74) is 0. The van der Waals surface area contributed by atoms with E-state index in [1.165, 1.54) is 82.0 Å². The molecule has 0 N–H and O–H groups in total. The van der Waals surface area contributed by atoms with Crippen LogP contribution in [0.25, 0.3) is 0 Å². The number of nitrogens with zero attached hydrogens (tertiary/aromatic N) is 1. The molecule has 5 heteroatoms. The highest BCUT2D eigenvalue weighted by atomic mass is 32.2. The second-order valence-electron chi connectivity index (χ2n) is 6.01. The molecule has 1 saturated heterocycles. The summed E-state index contributed by atoms with van der Waals surface area (Å²) in [7, 11) is -3.92. The first-order valence-corrected chi connectivity index (χ1v) is 9.90. The maximum absolute atomic E-state index is 9.08. The van der Waals surface area contributed by atoms with E-state index in [-0.39, 0.29) is 0 Å². The zero-order valence-electron chi connectivity index (χ0n) is 13.6. The first kappa shape index (κ1) is 19.9. The van der Waals surface area contributed by atoms with Gasteiger partial charge in [0.1, 0.15) is 0 Å². The lowest BCUT2D eigenvalue weighted by atomic mass is 10.1. The Morgan fingerprint density at radius 2 is 1.40 bits per heavy atom. The van der Waals surface area contributed by atoms with Crippen molar-refractivity contribution in [3.8, 4) is 0 Å². The second kappa shape index (κ2) is 10.6. The van der Waals surface area contributed by atoms with E-state index in [0.717, 1.165) is 0 Å². The van der Waals surface area contributed by atoms with Crippen molar-refractivity contribution in [1.29, 1.82) is 0 Å². The molecule has 0 aromatic heterocycles. The average molecular weight is 308 g/mol. The highest BCUT2D eigenvalue weighted by molar-refractivity contribution is 7.84. The number of hydrogen-bond donors (Lipinski definition) is 0. The normalized spacial score (nSPS) is 17.6. The summed E-state index contributed by atoms with van der Waals surface area (Å²) in [5.74, 6) is 0. The molecule has 0 unspecified atom stereocenters. The predicted octanol–water partition coefficient (Wildman–Crippen LogP) is 3.14. The summed E-state index contributed by atoms with van der Waals surface area (Å²) < 4.78 is 28.7. The molecule has 0 aliphatic carbocycles. The Kier molecular flexibility index (Phi) is 10.5. The van der Waals surface area contributed by atoms with Gasteiger partial charge in [-0.3, -0.25) is 0 Å². The summed E-state index contributed by atoms with van der Waals surface area (Å²) >= 11 is 0. The average Bonchev–Trinajstić information content (AvgIpc) is 2.81. The fraction of sp³-hybridized carbons (Fsp3) is 1.00. The van der Waals surface area contributed by atoms with Gasteiger partial charge >= 0.3 is 0 Å². The molecule has 0 saturated carbocycles. The smallest absolute Gasteiger partial charge is 0.0916 e. The molecule has 0 aromatic rings. The topological polar surface area (TPSA) is 57.2 Å². The third kappa shape index (κ3) is 11.7. The minimum atomic E-state index is -3.92. The van der Waals surface area contributed by atoms with Crippen molar-refractivity contribution in [1.82, 2.24) is 0 Å². The monoisotopic (exact) mass is 307 g/mol. The fourth-order valence-electron chi connectivity index (χ4n) is 2.93. The number of unbranched alkanes of at least 4 members (excludes halogenated alkanes) is 5. The van der Waals surface area contributed by atoms with Crippen molar-refractivity contribution < 1.29 is 17.5 Å². The third-order valence-electron chi connectivity index (χ3n) is 4.17. The van der Waals surface area contributed by atoms with Crippen LogP contribution in [0.4, 0.5) is 0 Å². The summed E-state index contributed by atoms with van der Waals surface area (Å²) in [6.45, 7) is 10.4. The SMILES string of the molecule is CCCCCCCC[N+]1(CC)CCCC1.CS(=O)(=O)[O-]. The van der Waals surface area contributed by atoms with Crippen molar-refractivity contribution in [3.63, 3.8) is 0 Å². The van der Waals surface area contributed by atoms with Gasteiger partial charge in [0, 0.05) is 19.1 Å². The zero-order valence-corrected chi connectivity index (χ0v) is 14.4. The largest absolute Gasteiger partial charge is 0.748 e. The first-order valence-electron chi connectivity index (χ1n) is 8.09. The van der Waals surface area contributed by atoms with Crippen molar-refractivity contribution in [2.45, 2.75) is 65.2 Å². The number of quaternary nitrogens is 1. The van der Waals surface area contributed by atoms with E-state index in [0.29, 0.717) is 6.26 Å². The fourth-order valence-corrected chi connectivity index (χ4v) is 2.93. The molecule has 0 spiro atoms. The van der Waals surface area contributed by atoms with Crippen molar-refractivity contribution >= 4 is 10.1 Å². The summed E-state index contributed by atoms with van der Waals surface area (Å²) in [6.07, 6.45) is 12.2. The molecular formula is C15H33NO3S. The van der Waals surface area contributed by atoms with Crippen LogP contribution in [0.15, 0.2) is 0 Å². The van der Waals surface area contributed by atoms with E-state index in [1.54, 1.807) is 0 Å². The van der Waals surface area contributed by atoms with E-state index >= 15 is 0 Å². The molecule has 1 fully saturated rings. The molecule has 0 bridgehead atoms. The van der Waals surface area contributed by atoms with Crippen molar-refractivity contribution in [2.24, 2.45) is 0 Å². The van der Waals surface area contributed by atoms with Crippen LogP contribution in [-0.4, -0.2) is 49.9 Å². The van der Waals surface area contributed by atoms with E-state index in [4.69, 9.17) is 13.0 Å². The van der Waals surface area contributed by atoms with Gasteiger partial charge in [0.2, 0.25) is 0 Å². The van der Waals surface area contributed by atoms with Crippen LogP contribution in [0.3, 0.4) is 0 Å². The Hall–Kier alpha value is -0.130. The number of likely N-dealkylation sites (tertiary alicyclic amines) is 1. The van der Waals surface area contributed by atoms with Crippen molar-refractivity contribution in [2.75, 3.05) is 32.4 Å². The Morgan fingerprint density at radius 1 is 0.950 bits per heavy atom. The quantitative estimate of drug-likeness (QED) is 0.393. The van der Waals surface area contributed by atoms with Crippen LogP contribution in [0.5, 0.6) is 0 Å². The molecule has 1 heterocycles. The Labute approximate surface area is 125 Å². The highest BCUT2D eigenvalue weighted by Gasteiger charge is 2.28. The Morgan fingerprint density at radius 3 is 1.85 bits per heavy atom. The molecule has 0 radical (unpaired) electrons. The van der Waals surface area contributed by atoms with Crippen LogP contribution in [0, 0.1) is 0 Å². The number of hydrogen-bond acceptors (Lipinski definition) is 3. The summed E-state index contributed by atoms with van der Waals surface area (Å²) in [6, 6.07) is 0. The molecule has 20 heavy (non-hydrogen) atoms. The maximum Gasteiger partial charge on any atom is 0.0916 e. The lowest BCUT2D eigenvalue weighted by Crippen LogP contribution is -2.45. The van der Waals surface area contributed by atoms with Gasteiger partial charge < -0.3 is 9.04 Å². The first-order chi connectivity index (χ1) is 9.33. The van der Waals surface area contributed by atoms with E-state index in [9.17, 15) is 0 Å².